The van der Waals surface area contributed by atoms with Crippen molar-refractivity contribution >= 4 is 49.9 Å². The number of phenolic OH excluding ortho intramolecular Hbond substituents is 1. The second-order valence-corrected chi connectivity index (χ2v) is 13.2. The quantitative estimate of drug-likeness (QED) is 0.232. The lowest BCUT2D eigenvalue weighted by Gasteiger charge is -2.42. The lowest BCUT2D eigenvalue weighted by molar-refractivity contribution is 0.125. The maximum absolute atomic E-state index is 13.5. The van der Waals surface area contributed by atoms with Gasteiger partial charge in [0.25, 0.3) is 0 Å². The number of phenols is 1. The van der Waals surface area contributed by atoms with Crippen LogP contribution in [0.25, 0.3) is 10.3 Å². The highest BCUT2D eigenvalue weighted by atomic mass is 32.1. The Hall–Kier alpha value is -4.27. The average Bonchev–Trinajstić information content (AvgIpc) is 3.49. The molecule has 4 aromatic rings. The topological polar surface area (TPSA) is 117 Å². The number of nitrogens with zero attached hydrogens (tertiary/aromatic N) is 5. The van der Waals surface area contributed by atoms with Crippen LogP contribution in [0.2, 0.25) is 0 Å². The Bertz CT molecular complexity index is 1720. The van der Waals surface area contributed by atoms with Crippen LogP contribution >= 0.6 is 11.3 Å². The Morgan fingerprint density at radius 2 is 1.88 bits per heavy atom. The van der Waals surface area contributed by atoms with Gasteiger partial charge < -0.3 is 20.2 Å². The molecule has 11 heteroatoms. The first-order valence-electron chi connectivity index (χ1n) is 13.9. The third-order valence-corrected chi connectivity index (χ3v) is 8.81. The summed E-state index contributed by atoms with van der Waals surface area (Å²) >= 11 is 1.08. The zero-order valence-electron chi connectivity index (χ0n) is 23.7. The number of carbonyl (C=O) groups excluding carboxylic acids is 1. The molecule has 2 amide bonds. The van der Waals surface area contributed by atoms with Gasteiger partial charge in [0.15, 0.2) is 5.13 Å². The molecule has 1 spiro atoms. The number of thiazole rings is 1. The molecule has 2 aliphatic heterocycles. The molecule has 6 rings (SSSR count). The van der Waals surface area contributed by atoms with Crippen LogP contribution in [0, 0.1) is 22.7 Å². The highest BCUT2D eigenvalue weighted by molar-refractivity contribution is 7.21. The number of rotatable bonds is 4. The highest BCUT2D eigenvalue weighted by Gasteiger charge is 2.48. The fourth-order valence-electron chi connectivity index (χ4n) is 6.28. The smallest absolute Gasteiger partial charge is 0.325 e. The summed E-state index contributed by atoms with van der Waals surface area (Å²) in [6.07, 6.45) is 1.71. The van der Waals surface area contributed by atoms with Gasteiger partial charge in [-0.15, -0.1) is 0 Å². The molecule has 2 aromatic carbocycles. The number of halogens is 1. The molecule has 0 saturated carbocycles. The predicted molar refractivity (Wildman–Crippen MR) is 163 cm³/mol. The van der Waals surface area contributed by atoms with Crippen LogP contribution in [-0.4, -0.2) is 52.2 Å². The number of aromatic hydroxyl groups is 1. The van der Waals surface area contributed by atoms with Gasteiger partial charge in [-0.1, -0.05) is 44.2 Å². The normalized spacial score (nSPS) is 16.4. The number of anilines is 4. The van der Waals surface area contributed by atoms with E-state index in [1.807, 2.05) is 23.1 Å². The van der Waals surface area contributed by atoms with Gasteiger partial charge in [-0.05, 0) is 67.7 Å². The third kappa shape index (κ3) is 5.24. The number of aromatic nitrogens is 2. The lowest BCUT2D eigenvalue weighted by atomic mass is 9.72. The van der Waals surface area contributed by atoms with Crippen molar-refractivity contribution in [2.45, 2.75) is 39.0 Å². The summed E-state index contributed by atoms with van der Waals surface area (Å²) in [5, 5.41) is 27.2. The standard InChI is InChI=1S/C31H32FN7O2S/c1-30(2,3)17-38-14-12-31(13-15-38)18-39(26-23(40)10-8-19(16-33)25(26)31)22-7-5-4-6-20(22)34-28(41)37-29-35-21-9-11-24(32)36-27(21)42-29/h4-11,40H,12-15,17-18H2,1-3H3,(H2,34,35,37,41). The number of likely N-dealkylation sites (tertiary alicyclic amines) is 1. The van der Waals surface area contributed by atoms with Crippen molar-refractivity contribution in [2.24, 2.45) is 5.41 Å². The van der Waals surface area contributed by atoms with E-state index in [-0.39, 0.29) is 16.6 Å². The molecule has 0 radical (unpaired) electrons. The summed E-state index contributed by atoms with van der Waals surface area (Å²) in [4.78, 5) is 26.1. The Morgan fingerprint density at radius 1 is 1.12 bits per heavy atom. The largest absolute Gasteiger partial charge is 0.506 e. The molecule has 2 aromatic heterocycles. The SMILES string of the molecule is CC(C)(C)CN1CCC2(CC1)CN(c1ccccc1NC(=O)Nc1nc3ccc(F)nc3s1)c1c(O)ccc(C#N)c12. The summed E-state index contributed by atoms with van der Waals surface area (Å²) in [6.45, 7) is 10.1. The second kappa shape index (κ2) is 10.5. The number of para-hydroxylation sites is 2. The number of urea groups is 1. The zero-order valence-corrected chi connectivity index (χ0v) is 24.6. The summed E-state index contributed by atoms with van der Waals surface area (Å²) in [5.41, 5.74) is 3.68. The number of pyridine rings is 1. The van der Waals surface area contributed by atoms with Gasteiger partial charge >= 0.3 is 6.03 Å². The van der Waals surface area contributed by atoms with Gasteiger partial charge in [-0.25, -0.2) is 14.8 Å². The lowest BCUT2D eigenvalue weighted by Crippen LogP contribution is -2.47. The zero-order chi connectivity index (χ0) is 29.6. The van der Waals surface area contributed by atoms with E-state index < -0.39 is 12.0 Å². The van der Waals surface area contributed by atoms with E-state index in [1.165, 1.54) is 12.1 Å². The molecular formula is C31H32FN7O2S. The summed E-state index contributed by atoms with van der Waals surface area (Å²) in [6, 6.07) is 15.3. The Balaban J connectivity index is 1.30. The minimum atomic E-state index is -0.609. The Morgan fingerprint density at radius 3 is 2.62 bits per heavy atom. The van der Waals surface area contributed by atoms with Crippen LogP contribution in [0.4, 0.5) is 31.4 Å². The first-order chi connectivity index (χ1) is 20.0. The molecule has 1 fully saturated rings. The van der Waals surface area contributed by atoms with Crippen molar-refractivity contribution in [1.82, 2.24) is 14.9 Å². The Kier molecular flexibility index (Phi) is 6.99. The minimum absolute atomic E-state index is 0.103. The molecule has 0 unspecified atom stereocenters. The monoisotopic (exact) mass is 585 g/mol. The number of hydrogen-bond acceptors (Lipinski definition) is 8. The molecule has 3 N–H and O–H groups in total. The number of piperidine rings is 1. The molecule has 0 aliphatic carbocycles. The molecule has 9 nitrogen and oxygen atoms in total. The third-order valence-electron chi connectivity index (χ3n) is 7.93. The van der Waals surface area contributed by atoms with Crippen LogP contribution in [0.1, 0.15) is 44.7 Å². The van der Waals surface area contributed by atoms with E-state index >= 15 is 0 Å². The van der Waals surface area contributed by atoms with Crippen molar-refractivity contribution in [3.63, 3.8) is 0 Å². The molecule has 0 atom stereocenters. The maximum Gasteiger partial charge on any atom is 0.325 e. The van der Waals surface area contributed by atoms with Gasteiger partial charge in [0.1, 0.15) is 16.1 Å². The first kappa shape index (κ1) is 27.9. The van der Waals surface area contributed by atoms with Crippen molar-refractivity contribution in [2.75, 3.05) is 41.7 Å². The van der Waals surface area contributed by atoms with Crippen molar-refractivity contribution in [3.05, 3.63) is 65.6 Å². The van der Waals surface area contributed by atoms with Gasteiger partial charge in [0.2, 0.25) is 5.95 Å². The van der Waals surface area contributed by atoms with Gasteiger partial charge in [0, 0.05) is 24.1 Å². The number of carbonyl (C=O) groups is 1. The van der Waals surface area contributed by atoms with Crippen LogP contribution < -0.4 is 15.5 Å². The average molecular weight is 586 g/mol. The van der Waals surface area contributed by atoms with E-state index in [1.54, 1.807) is 18.2 Å². The van der Waals surface area contributed by atoms with Crippen molar-refractivity contribution in [3.8, 4) is 11.8 Å². The number of nitrogens with one attached hydrogen (secondary N) is 2. The molecular weight excluding hydrogens is 553 g/mol. The molecule has 42 heavy (non-hydrogen) atoms. The number of amides is 2. The molecule has 2 aliphatic rings. The first-order valence-corrected chi connectivity index (χ1v) is 14.7. The van der Waals surface area contributed by atoms with E-state index in [9.17, 15) is 19.6 Å². The summed E-state index contributed by atoms with van der Waals surface area (Å²) in [7, 11) is 0. The van der Waals surface area contributed by atoms with Gasteiger partial charge in [-0.2, -0.15) is 9.65 Å². The number of nitriles is 1. The number of benzene rings is 2. The van der Waals surface area contributed by atoms with Crippen molar-refractivity contribution < 1.29 is 14.3 Å². The molecule has 1 saturated heterocycles. The number of hydrogen-bond donors (Lipinski definition) is 3. The fraction of sp³-hybridized carbons (Fsp3) is 0.355. The highest BCUT2D eigenvalue weighted by Crippen LogP contribution is 2.55. The van der Waals surface area contributed by atoms with Gasteiger partial charge in [0.05, 0.1) is 28.7 Å². The molecule has 216 valence electrons. The maximum atomic E-state index is 13.5. The molecule has 0 bridgehead atoms. The predicted octanol–water partition coefficient (Wildman–Crippen LogP) is 6.58. The minimum Gasteiger partial charge on any atom is -0.506 e. The number of fused-ring (bicyclic) bond motifs is 3. The second-order valence-electron chi connectivity index (χ2n) is 12.2. The van der Waals surface area contributed by atoms with Gasteiger partial charge in [-0.3, -0.25) is 5.32 Å². The fourth-order valence-corrected chi connectivity index (χ4v) is 7.10. The van der Waals surface area contributed by atoms with Crippen LogP contribution in [0.3, 0.4) is 0 Å². The van der Waals surface area contributed by atoms with Crippen LogP contribution in [0.15, 0.2) is 48.5 Å². The summed E-state index contributed by atoms with van der Waals surface area (Å²) < 4.78 is 13.5. The van der Waals surface area contributed by atoms with Crippen LogP contribution in [-0.2, 0) is 5.41 Å². The Labute approximate surface area is 247 Å². The van der Waals surface area contributed by atoms with E-state index in [0.29, 0.717) is 44.6 Å². The van der Waals surface area contributed by atoms with E-state index in [0.717, 1.165) is 49.4 Å². The van der Waals surface area contributed by atoms with E-state index in [4.69, 9.17) is 0 Å². The van der Waals surface area contributed by atoms with Crippen LogP contribution in [0.5, 0.6) is 5.75 Å². The summed E-state index contributed by atoms with van der Waals surface area (Å²) in [5.74, 6) is -0.506. The van der Waals surface area contributed by atoms with E-state index in [2.05, 4.69) is 52.3 Å². The van der Waals surface area contributed by atoms with Crippen molar-refractivity contribution in [1.29, 1.82) is 5.26 Å². The molecule has 4 heterocycles.